The van der Waals surface area contributed by atoms with Gasteiger partial charge in [0.15, 0.2) is 0 Å². The number of rotatable bonds is 7. The van der Waals surface area contributed by atoms with E-state index in [1.54, 1.807) is 12.4 Å². The molecular formula is C24H33Cl2N3O3. The molecule has 4 rings (SSSR count). The van der Waals surface area contributed by atoms with Gasteiger partial charge >= 0.3 is 5.97 Å². The summed E-state index contributed by atoms with van der Waals surface area (Å²) >= 11 is 0. The molecule has 6 nitrogen and oxygen atoms in total. The largest absolute Gasteiger partial charge is 0.493 e. The number of fused-ring (bicyclic) bond motifs is 1. The number of aliphatic carboxylic acids is 1. The number of carbonyl (C=O) groups is 1. The first-order chi connectivity index (χ1) is 14.6. The molecule has 0 saturated carbocycles. The summed E-state index contributed by atoms with van der Waals surface area (Å²) in [7, 11) is 2.17. The number of pyridine rings is 1. The lowest BCUT2D eigenvalue weighted by molar-refractivity contribution is -0.136. The Hall–Kier alpha value is -2.02. The van der Waals surface area contributed by atoms with Crippen molar-refractivity contribution in [3.63, 3.8) is 0 Å². The van der Waals surface area contributed by atoms with Crippen LogP contribution in [-0.4, -0.2) is 54.2 Å². The van der Waals surface area contributed by atoms with Gasteiger partial charge in [-0.2, -0.15) is 0 Å². The van der Waals surface area contributed by atoms with Crippen molar-refractivity contribution in [1.29, 1.82) is 0 Å². The highest BCUT2D eigenvalue weighted by atomic mass is 35.5. The summed E-state index contributed by atoms with van der Waals surface area (Å²) in [6, 6.07) is 8.57. The van der Waals surface area contributed by atoms with E-state index in [0.717, 1.165) is 69.0 Å². The number of likely N-dealkylation sites (N-methyl/N-ethyl adjacent to an activating group) is 1. The van der Waals surface area contributed by atoms with E-state index >= 15 is 0 Å². The number of aromatic nitrogens is 1. The minimum Gasteiger partial charge on any atom is -0.493 e. The second kappa shape index (κ2) is 12.3. The first-order valence-electron chi connectivity index (χ1n) is 10.9. The highest BCUT2D eigenvalue weighted by Gasteiger charge is 2.22. The van der Waals surface area contributed by atoms with Crippen molar-refractivity contribution < 1.29 is 14.6 Å². The van der Waals surface area contributed by atoms with Gasteiger partial charge in [-0.15, -0.1) is 24.8 Å². The predicted molar refractivity (Wildman–Crippen MR) is 132 cm³/mol. The quantitative estimate of drug-likeness (QED) is 0.638. The zero-order chi connectivity index (χ0) is 20.9. The number of aryl methyl sites for hydroxylation is 1. The number of anilines is 1. The minimum absolute atomic E-state index is 0. The molecule has 1 fully saturated rings. The van der Waals surface area contributed by atoms with E-state index < -0.39 is 5.97 Å². The standard InChI is InChI=1S/C24H31N3O3.2ClH/c1-26-11-9-19-2-4-22(14-21(19)16-26)30-17-18-7-12-27(13-8-18)23-6-10-25-15-20(23)3-5-24(28)29;;/h2,4,6,10,14-15,18H,3,5,7-9,11-13,16-17H2,1H3,(H,28,29);2*1H. The molecule has 1 aromatic carbocycles. The van der Waals surface area contributed by atoms with Crippen LogP contribution in [0.4, 0.5) is 5.69 Å². The average molecular weight is 482 g/mol. The molecule has 176 valence electrons. The van der Waals surface area contributed by atoms with Crippen molar-refractivity contribution in [2.45, 2.75) is 38.6 Å². The van der Waals surface area contributed by atoms with E-state index in [4.69, 9.17) is 9.84 Å². The predicted octanol–water partition coefficient (Wildman–Crippen LogP) is 4.23. The molecule has 0 bridgehead atoms. The summed E-state index contributed by atoms with van der Waals surface area (Å²) < 4.78 is 6.16. The maximum Gasteiger partial charge on any atom is 0.303 e. The van der Waals surface area contributed by atoms with Gasteiger partial charge in [-0.3, -0.25) is 9.78 Å². The molecule has 2 aromatic rings. The van der Waals surface area contributed by atoms with E-state index in [-0.39, 0.29) is 31.2 Å². The molecule has 0 atom stereocenters. The number of hydrogen-bond acceptors (Lipinski definition) is 5. The van der Waals surface area contributed by atoms with Gasteiger partial charge < -0.3 is 19.6 Å². The van der Waals surface area contributed by atoms with Crippen LogP contribution in [0.2, 0.25) is 0 Å². The summed E-state index contributed by atoms with van der Waals surface area (Å²) in [5, 5.41) is 8.99. The first-order valence-corrected chi connectivity index (χ1v) is 10.9. The molecule has 0 amide bonds. The van der Waals surface area contributed by atoms with Crippen LogP contribution < -0.4 is 9.64 Å². The summed E-state index contributed by atoms with van der Waals surface area (Å²) in [6.07, 6.45) is 7.54. The zero-order valence-corrected chi connectivity index (χ0v) is 20.2. The molecule has 0 aliphatic carbocycles. The van der Waals surface area contributed by atoms with E-state index in [1.807, 2.05) is 6.07 Å². The first kappa shape index (κ1) is 26.2. The Labute approximate surface area is 202 Å². The van der Waals surface area contributed by atoms with Gasteiger partial charge in [0, 0.05) is 50.7 Å². The van der Waals surface area contributed by atoms with Gasteiger partial charge in [-0.25, -0.2) is 0 Å². The summed E-state index contributed by atoms with van der Waals surface area (Å²) in [5.74, 6) is 0.760. The lowest BCUT2D eigenvalue weighted by Crippen LogP contribution is -2.36. The van der Waals surface area contributed by atoms with Gasteiger partial charge in [0.25, 0.3) is 0 Å². The molecule has 2 aliphatic rings. The fourth-order valence-corrected chi connectivity index (χ4v) is 4.48. The Kier molecular flexibility index (Phi) is 10.1. The normalized spacial score (nSPS) is 16.5. The van der Waals surface area contributed by atoms with Crippen molar-refractivity contribution >= 4 is 36.5 Å². The fraction of sp³-hybridized carbons (Fsp3) is 0.500. The van der Waals surface area contributed by atoms with Crippen LogP contribution >= 0.6 is 24.8 Å². The molecule has 1 N–H and O–H groups in total. The minimum atomic E-state index is -0.769. The Morgan fingerprint density at radius 1 is 1.16 bits per heavy atom. The number of carboxylic acid groups (broad SMARTS) is 1. The SMILES string of the molecule is CN1CCc2ccc(OCC3CCN(c4ccncc4CCC(=O)O)CC3)cc2C1.Cl.Cl. The van der Waals surface area contributed by atoms with Crippen LogP contribution in [-0.2, 0) is 24.2 Å². The van der Waals surface area contributed by atoms with Gasteiger partial charge in [-0.1, -0.05) is 6.07 Å². The van der Waals surface area contributed by atoms with Crippen LogP contribution in [0.5, 0.6) is 5.75 Å². The number of piperidine rings is 1. The monoisotopic (exact) mass is 481 g/mol. The number of benzene rings is 1. The number of ether oxygens (including phenoxy) is 1. The third-order valence-electron chi connectivity index (χ3n) is 6.31. The number of halogens is 2. The van der Waals surface area contributed by atoms with E-state index in [1.165, 1.54) is 11.1 Å². The van der Waals surface area contributed by atoms with Gasteiger partial charge in [0.05, 0.1) is 6.61 Å². The van der Waals surface area contributed by atoms with Crippen molar-refractivity contribution in [2.24, 2.45) is 5.92 Å². The van der Waals surface area contributed by atoms with E-state index in [9.17, 15) is 4.79 Å². The smallest absolute Gasteiger partial charge is 0.303 e. The summed E-state index contributed by atoms with van der Waals surface area (Å²) in [6.45, 7) is 4.81. The number of hydrogen-bond donors (Lipinski definition) is 1. The Morgan fingerprint density at radius 2 is 1.94 bits per heavy atom. The maximum absolute atomic E-state index is 10.9. The van der Waals surface area contributed by atoms with Crippen molar-refractivity contribution in [1.82, 2.24) is 9.88 Å². The van der Waals surface area contributed by atoms with Crippen molar-refractivity contribution in [3.05, 3.63) is 53.3 Å². The lowest BCUT2D eigenvalue weighted by atomic mass is 9.96. The highest BCUT2D eigenvalue weighted by molar-refractivity contribution is 5.85. The maximum atomic E-state index is 10.9. The highest BCUT2D eigenvalue weighted by Crippen LogP contribution is 2.28. The topological polar surface area (TPSA) is 65.9 Å². The Balaban J connectivity index is 0.00000181. The fourth-order valence-electron chi connectivity index (χ4n) is 4.48. The summed E-state index contributed by atoms with van der Waals surface area (Å²) in [5.41, 5.74) is 4.99. The second-order valence-corrected chi connectivity index (χ2v) is 8.56. The van der Waals surface area contributed by atoms with E-state index in [0.29, 0.717) is 12.3 Å². The molecular weight excluding hydrogens is 449 g/mol. The summed E-state index contributed by atoms with van der Waals surface area (Å²) in [4.78, 5) is 19.8. The zero-order valence-electron chi connectivity index (χ0n) is 18.5. The van der Waals surface area contributed by atoms with Crippen LogP contribution in [0, 0.1) is 5.92 Å². The van der Waals surface area contributed by atoms with Crippen LogP contribution in [0.15, 0.2) is 36.7 Å². The van der Waals surface area contributed by atoms with Gasteiger partial charge in [0.2, 0.25) is 0 Å². The van der Waals surface area contributed by atoms with E-state index in [2.05, 4.69) is 40.0 Å². The molecule has 8 heteroatoms. The molecule has 0 spiro atoms. The average Bonchev–Trinajstić information content (AvgIpc) is 2.76. The van der Waals surface area contributed by atoms with Gasteiger partial charge in [0.1, 0.15) is 5.75 Å². The van der Waals surface area contributed by atoms with Crippen molar-refractivity contribution in [2.75, 3.05) is 38.2 Å². The van der Waals surface area contributed by atoms with Crippen LogP contribution in [0.1, 0.15) is 36.0 Å². The van der Waals surface area contributed by atoms with Gasteiger partial charge in [-0.05, 0) is 73.5 Å². The molecule has 1 aromatic heterocycles. The second-order valence-electron chi connectivity index (χ2n) is 8.56. The number of carboxylic acids is 1. The Bertz CT molecular complexity index is 889. The molecule has 32 heavy (non-hydrogen) atoms. The molecule has 1 saturated heterocycles. The molecule has 3 heterocycles. The Morgan fingerprint density at radius 3 is 2.69 bits per heavy atom. The molecule has 0 unspecified atom stereocenters. The molecule has 0 radical (unpaired) electrons. The molecule has 2 aliphatic heterocycles. The third-order valence-corrected chi connectivity index (χ3v) is 6.31. The lowest BCUT2D eigenvalue weighted by Gasteiger charge is -2.34. The van der Waals surface area contributed by atoms with Crippen molar-refractivity contribution in [3.8, 4) is 5.75 Å². The third kappa shape index (κ3) is 6.74. The number of nitrogens with zero attached hydrogens (tertiary/aromatic N) is 3. The van der Waals surface area contributed by atoms with Crippen LogP contribution in [0.3, 0.4) is 0 Å². The van der Waals surface area contributed by atoms with Crippen LogP contribution in [0.25, 0.3) is 0 Å².